The van der Waals surface area contributed by atoms with Crippen molar-refractivity contribution < 1.29 is 18.0 Å². The third-order valence-electron chi connectivity index (χ3n) is 1.98. The van der Waals surface area contributed by atoms with Crippen molar-refractivity contribution >= 4 is 35.3 Å². The molecule has 0 unspecified atom stereocenters. The first-order valence-electron chi connectivity index (χ1n) is 4.04. The lowest BCUT2D eigenvalue weighted by Gasteiger charge is -2.26. The van der Waals surface area contributed by atoms with E-state index in [1.54, 1.807) is 0 Å². The Morgan fingerprint density at radius 2 is 2.06 bits per heavy atom. The molecule has 0 aromatic heterocycles. The summed E-state index contributed by atoms with van der Waals surface area (Å²) < 4.78 is 42.6. The zero-order valence-electron chi connectivity index (χ0n) is 7.56. The van der Waals surface area contributed by atoms with Gasteiger partial charge in [-0.2, -0.15) is 0 Å². The highest BCUT2D eigenvalue weighted by molar-refractivity contribution is 7.99. The number of rotatable bonds is 1. The molecule has 0 saturated heterocycles. The van der Waals surface area contributed by atoms with Gasteiger partial charge in [-0.1, -0.05) is 0 Å². The fourth-order valence-electron chi connectivity index (χ4n) is 1.23. The number of alkyl halides is 1. The van der Waals surface area contributed by atoms with E-state index < -0.39 is 28.9 Å². The summed E-state index contributed by atoms with van der Waals surface area (Å²) in [6.07, 6.45) is 0. The van der Waals surface area contributed by atoms with Crippen LogP contribution in [-0.4, -0.2) is 16.2 Å². The highest BCUT2D eigenvalue weighted by Crippen LogP contribution is 2.33. The van der Waals surface area contributed by atoms with Crippen LogP contribution in [0.5, 0.6) is 0 Å². The van der Waals surface area contributed by atoms with Gasteiger partial charge in [0.2, 0.25) is 0 Å². The molecule has 3 nitrogen and oxygen atoms in total. The van der Waals surface area contributed by atoms with Crippen LogP contribution in [0.4, 0.5) is 18.9 Å². The summed E-state index contributed by atoms with van der Waals surface area (Å²) in [4.78, 5) is 11.6. The van der Waals surface area contributed by atoms with Crippen LogP contribution in [-0.2, 0) is 0 Å². The Balaban J connectivity index is 2.59. The van der Waals surface area contributed by atoms with E-state index in [2.05, 4.69) is 4.72 Å². The number of carbonyl (C=O) groups is 1. The van der Waals surface area contributed by atoms with E-state index in [4.69, 9.17) is 11.6 Å². The highest BCUT2D eigenvalue weighted by atomic mass is 35.5. The largest absolute Gasteiger partial charge is 0.311 e. The quantitative estimate of drug-likeness (QED) is 0.368. The molecule has 1 aliphatic rings. The van der Waals surface area contributed by atoms with Crippen LogP contribution in [0.25, 0.3) is 0 Å². The summed E-state index contributed by atoms with van der Waals surface area (Å²) in [5.74, 6) is -5.33. The van der Waals surface area contributed by atoms with E-state index in [0.29, 0.717) is 0 Å². The van der Waals surface area contributed by atoms with E-state index in [9.17, 15) is 18.0 Å². The van der Waals surface area contributed by atoms with Gasteiger partial charge in [0.1, 0.15) is 11.6 Å². The van der Waals surface area contributed by atoms with Crippen molar-refractivity contribution in [3.05, 3.63) is 29.1 Å². The predicted molar refractivity (Wildman–Crippen MR) is 54.4 cm³/mol. The second-order valence-corrected chi connectivity index (χ2v) is 3.97. The Hall–Kier alpha value is -1.08. The number of amides is 1. The number of anilines is 1. The Morgan fingerprint density at radius 3 is 2.69 bits per heavy atom. The van der Waals surface area contributed by atoms with E-state index in [1.807, 2.05) is 0 Å². The molecule has 8 heteroatoms. The van der Waals surface area contributed by atoms with Gasteiger partial charge >= 0.3 is 0 Å². The molecule has 0 saturated carbocycles. The van der Waals surface area contributed by atoms with Gasteiger partial charge in [-0.15, -0.1) is 11.6 Å². The lowest BCUT2D eigenvalue weighted by molar-refractivity contribution is 0.0880. The zero-order valence-corrected chi connectivity index (χ0v) is 9.13. The van der Waals surface area contributed by atoms with Crippen molar-refractivity contribution in [1.82, 2.24) is 4.31 Å². The van der Waals surface area contributed by atoms with Crippen LogP contribution in [0.3, 0.4) is 0 Å². The van der Waals surface area contributed by atoms with E-state index in [0.717, 1.165) is 22.5 Å². The Morgan fingerprint density at radius 1 is 1.38 bits per heavy atom. The average molecular weight is 269 g/mol. The highest BCUT2D eigenvalue weighted by Gasteiger charge is 2.31. The number of hydrogen-bond acceptors (Lipinski definition) is 3. The molecule has 1 amide bonds. The number of nitrogens with zero attached hydrogens (tertiary/aromatic N) is 1. The van der Waals surface area contributed by atoms with Crippen molar-refractivity contribution in [3.63, 3.8) is 0 Å². The molecule has 0 radical (unpaired) electrons. The zero-order chi connectivity index (χ0) is 11.9. The van der Waals surface area contributed by atoms with Crippen molar-refractivity contribution in [2.45, 2.75) is 0 Å². The summed E-state index contributed by atoms with van der Waals surface area (Å²) in [6, 6.07) is 0.526. The predicted octanol–water partition coefficient (Wildman–Crippen LogP) is 2.73. The minimum atomic E-state index is -1.67. The van der Waals surface area contributed by atoms with Gasteiger partial charge < -0.3 is 4.72 Å². The number of nitrogens with one attached hydrogen (secondary N) is 1. The summed E-state index contributed by atoms with van der Waals surface area (Å²) >= 11 is 6.20. The van der Waals surface area contributed by atoms with Gasteiger partial charge in [0.05, 0.1) is 17.8 Å². The van der Waals surface area contributed by atoms with Gasteiger partial charge in [0.15, 0.2) is 17.5 Å². The van der Waals surface area contributed by atoms with Crippen molar-refractivity contribution in [1.29, 1.82) is 0 Å². The smallest absolute Gasteiger partial charge is 0.271 e. The number of benzene rings is 1. The lowest BCUT2D eigenvalue weighted by atomic mass is 10.1. The first-order valence-corrected chi connectivity index (χ1v) is 5.35. The SMILES string of the molecule is O=C1c2c(cc(F)c(F)c2F)NSN1CCl. The molecule has 1 N–H and O–H groups in total. The maximum Gasteiger partial charge on any atom is 0.271 e. The fraction of sp³-hybridized carbons (Fsp3) is 0.125. The molecule has 16 heavy (non-hydrogen) atoms. The molecule has 1 aromatic carbocycles. The topological polar surface area (TPSA) is 32.3 Å². The third kappa shape index (κ3) is 1.60. The van der Waals surface area contributed by atoms with E-state index in [1.165, 1.54) is 0 Å². The van der Waals surface area contributed by atoms with Crippen LogP contribution >= 0.6 is 23.7 Å². The second kappa shape index (κ2) is 4.06. The first-order chi connectivity index (χ1) is 7.56. The summed E-state index contributed by atoms with van der Waals surface area (Å²) in [5.41, 5.74) is -0.647. The fourth-order valence-corrected chi connectivity index (χ4v) is 2.08. The molecule has 1 aromatic rings. The number of halogens is 4. The van der Waals surface area contributed by atoms with Crippen molar-refractivity contribution in [3.8, 4) is 0 Å². The molecule has 0 spiro atoms. The molecular weight excluding hydrogens is 265 g/mol. The second-order valence-electron chi connectivity index (χ2n) is 2.91. The molecule has 0 fully saturated rings. The summed E-state index contributed by atoms with van der Waals surface area (Å²) in [7, 11) is 0. The molecular formula is C8H4ClF3N2OS. The van der Waals surface area contributed by atoms with Gasteiger partial charge in [-0.25, -0.2) is 17.5 Å². The lowest BCUT2D eigenvalue weighted by Crippen LogP contribution is -2.31. The van der Waals surface area contributed by atoms with Crippen LogP contribution in [0.15, 0.2) is 6.07 Å². The molecule has 0 atom stereocenters. The minimum Gasteiger partial charge on any atom is -0.311 e. The molecule has 2 rings (SSSR count). The minimum absolute atomic E-state index is 0.104. The van der Waals surface area contributed by atoms with Gasteiger partial charge in [0.25, 0.3) is 5.91 Å². The maximum absolute atomic E-state index is 13.3. The van der Waals surface area contributed by atoms with Crippen LogP contribution in [0.1, 0.15) is 10.4 Å². The number of hydrogen-bond donors (Lipinski definition) is 1. The third-order valence-corrected chi connectivity index (χ3v) is 3.18. The average Bonchev–Trinajstić information content (AvgIpc) is 2.26. The van der Waals surface area contributed by atoms with Crippen molar-refractivity contribution in [2.24, 2.45) is 0 Å². The standard InChI is InChI=1S/C8H4ClF3N2OS/c9-2-14-8(15)5-4(13-16-14)1-3(10)6(11)7(5)12/h1,13H,2H2. The molecule has 1 aliphatic heterocycles. The van der Waals surface area contributed by atoms with Gasteiger partial charge in [0, 0.05) is 6.07 Å². The Kier molecular flexibility index (Phi) is 2.90. The van der Waals surface area contributed by atoms with Crippen LogP contribution < -0.4 is 4.72 Å². The molecule has 86 valence electrons. The molecule has 0 aliphatic carbocycles. The van der Waals surface area contributed by atoms with Gasteiger partial charge in [-0.05, 0) is 0 Å². The summed E-state index contributed by atoms with van der Waals surface area (Å²) in [6.45, 7) is 0. The van der Waals surface area contributed by atoms with E-state index >= 15 is 0 Å². The number of carbonyl (C=O) groups excluding carboxylic acids is 1. The first kappa shape index (κ1) is 11.4. The Labute approximate surface area is 97.8 Å². The van der Waals surface area contributed by atoms with Crippen molar-refractivity contribution in [2.75, 3.05) is 10.7 Å². The monoisotopic (exact) mass is 268 g/mol. The van der Waals surface area contributed by atoms with Crippen LogP contribution in [0.2, 0.25) is 0 Å². The maximum atomic E-state index is 13.3. The van der Waals surface area contributed by atoms with Gasteiger partial charge in [-0.3, -0.25) is 4.79 Å². The van der Waals surface area contributed by atoms with Crippen LogP contribution in [0, 0.1) is 17.5 Å². The normalized spacial score (nSPS) is 14.8. The number of fused-ring (bicyclic) bond motifs is 1. The molecule has 0 bridgehead atoms. The van der Waals surface area contributed by atoms with E-state index in [-0.39, 0.29) is 11.7 Å². The summed E-state index contributed by atoms with van der Waals surface area (Å²) in [5, 5.41) is 0. The molecule has 1 heterocycles. The Bertz CT molecular complexity index is 471.